The van der Waals surface area contributed by atoms with E-state index < -0.39 is 5.82 Å². The molecule has 0 fully saturated rings. The molecule has 4 nitrogen and oxygen atoms in total. The van der Waals surface area contributed by atoms with Gasteiger partial charge in [-0.3, -0.25) is 9.59 Å². The number of hydrogen-bond acceptors (Lipinski definition) is 3. The van der Waals surface area contributed by atoms with Crippen molar-refractivity contribution in [1.82, 2.24) is 4.98 Å². The van der Waals surface area contributed by atoms with Gasteiger partial charge in [-0.2, -0.15) is 0 Å². The predicted octanol–water partition coefficient (Wildman–Crippen LogP) is 4.16. The number of anilines is 1. The molecule has 134 valence electrons. The number of aromatic nitrogens is 1. The second-order valence-corrected chi connectivity index (χ2v) is 7.17. The number of nitrogens with one attached hydrogen (secondary N) is 2. The van der Waals surface area contributed by atoms with Crippen molar-refractivity contribution >= 4 is 34.3 Å². The van der Waals surface area contributed by atoms with Gasteiger partial charge < -0.3 is 10.3 Å². The molecule has 2 aromatic carbocycles. The number of rotatable bonds is 5. The third kappa shape index (κ3) is 4.14. The number of carbonyl (C=O) groups is 1. The van der Waals surface area contributed by atoms with E-state index in [9.17, 15) is 14.0 Å². The van der Waals surface area contributed by atoms with E-state index >= 15 is 0 Å². The molecule has 1 heterocycles. The fourth-order valence-electron chi connectivity index (χ4n) is 2.76. The second kappa shape index (κ2) is 7.74. The number of para-hydroxylation sites is 1. The summed E-state index contributed by atoms with van der Waals surface area (Å²) >= 11 is 1.36. The third-order valence-electron chi connectivity index (χ3n) is 4.02. The minimum absolute atomic E-state index is 0.115. The van der Waals surface area contributed by atoms with Gasteiger partial charge in [0.25, 0.3) is 0 Å². The topological polar surface area (TPSA) is 62.0 Å². The largest absolute Gasteiger partial charge is 0.355 e. The summed E-state index contributed by atoms with van der Waals surface area (Å²) in [5, 5.41) is 3.21. The zero-order chi connectivity index (χ0) is 18.7. The van der Waals surface area contributed by atoms with E-state index in [0.717, 1.165) is 16.8 Å². The maximum absolute atomic E-state index is 13.9. The van der Waals surface area contributed by atoms with Crippen LogP contribution in [-0.4, -0.2) is 16.6 Å². The Morgan fingerprint density at radius 2 is 2.00 bits per heavy atom. The minimum atomic E-state index is -0.459. The fourth-order valence-corrected chi connectivity index (χ4v) is 3.50. The number of aromatic amines is 1. The van der Waals surface area contributed by atoms with Crippen LogP contribution in [0, 0.1) is 19.7 Å². The van der Waals surface area contributed by atoms with Crippen molar-refractivity contribution in [3.8, 4) is 0 Å². The highest BCUT2D eigenvalue weighted by molar-refractivity contribution is 7.99. The molecule has 26 heavy (non-hydrogen) atoms. The molecule has 2 N–H and O–H groups in total. The zero-order valence-corrected chi connectivity index (χ0v) is 15.4. The Bertz CT molecular complexity index is 1030. The van der Waals surface area contributed by atoms with Crippen molar-refractivity contribution < 1.29 is 9.18 Å². The van der Waals surface area contributed by atoms with Crippen molar-refractivity contribution in [2.24, 2.45) is 0 Å². The van der Waals surface area contributed by atoms with Gasteiger partial charge in [0.15, 0.2) is 5.43 Å². The molecule has 0 saturated heterocycles. The van der Waals surface area contributed by atoms with Gasteiger partial charge in [-0.05, 0) is 37.6 Å². The van der Waals surface area contributed by atoms with E-state index in [-0.39, 0.29) is 22.6 Å². The highest BCUT2D eigenvalue weighted by Crippen LogP contribution is 2.18. The van der Waals surface area contributed by atoms with Crippen LogP contribution in [0.1, 0.15) is 16.8 Å². The van der Waals surface area contributed by atoms with Gasteiger partial charge >= 0.3 is 0 Å². The number of hydrogen-bond donors (Lipinski definition) is 2. The van der Waals surface area contributed by atoms with Crippen molar-refractivity contribution in [2.45, 2.75) is 19.6 Å². The third-order valence-corrected chi connectivity index (χ3v) is 5.00. The molecule has 0 saturated carbocycles. The van der Waals surface area contributed by atoms with E-state index in [1.165, 1.54) is 30.0 Å². The lowest BCUT2D eigenvalue weighted by atomic mass is 10.1. The Kier molecular flexibility index (Phi) is 5.42. The summed E-state index contributed by atoms with van der Waals surface area (Å²) in [4.78, 5) is 27.1. The lowest BCUT2D eigenvalue weighted by Crippen LogP contribution is -2.15. The Hall–Kier alpha value is -2.60. The number of halogens is 1. The van der Waals surface area contributed by atoms with Crippen LogP contribution in [-0.2, 0) is 10.5 Å². The summed E-state index contributed by atoms with van der Waals surface area (Å²) in [7, 11) is 0. The summed E-state index contributed by atoms with van der Waals surface area (Å²) in [6, 6.07) is 11.7. The molecule has 3 aromatic rings. The van der Waals surface area contributed by atoms with Crippen LogP contribution in [0.25, 0.3) is 10.9 Å². The molecule has 0 aliphatic carbocycles. The Morgan fingerprint density at radius 3 is 2.77 bits per heavy atom. The molecule has 1 aromatic heterocycles. The Morgan fingerprint density at radius 1 is 1.19 bits per heavy atom. The molecule has 0 spiro atoms. The van der Waals surface area contributed by atoms with Gasteiger partial charge in [0, 0.05) is 28.6 Å². The van der Waals surface area contributed by atoms with Crippen LogP contribution in [0.4, 0.5) is 10.1 Å². The van der Waals surface area contributed by atoms with Crippen molar-refractivity contribution in [2.75, 3.05) is 11.1 Å². The van der Waals surface area contributed by atoms with E-state index in [1.807, 2.05) is 32.0 Å². The molecule has 0 unspecified atom stereocenters. The number of H-pyrrole nitrogens is 1. The number of pyridine rings is 1. The van der Waals surface area contributed by atoms with Gasteiger partial charge in [0.1, 0.15) is 5.82 Å². The first-order valence-electron chi connectivity index (χ1n) is 8.19. The highest BCUT2D eigenvalue weighted by Gasteiger charge is 2.08. The average molecular weight is 370 g/mol. The van der Waals surface area contributed by atoms with E-state index in [1.54, 1.807) is 6.07 Å². The number of benzene rings is 2. The molecular formula is C20H19FN2O2S. The predicted molar refractivity (Wildman–Crippen MR) is 105 cm³/mol. The summed E-state index contributed by atoms with van der Waals surface area (Å²) in [6.07, 6.45) is 0. The molecule has 0 aliphatic heterocycles. The highest BCUT2D eigenvalue weighted by atomic mass is 32.2. The fraction of sp³-hybridized carbons (Fsp3) is 0.200. The average Bonchev–Trinajstić information content (AvgIpc) is 2.58. The van der Waals surface area contributed by atoms with E-state index in [0.29, 0.717) is 16.8 Å². The number of carbonyl (C=O) groups excluding carboxylic acids is 1. The molecule has 0 bridgehead atoms. The normalized spacial score (nSPS) is 10.9. The van der Waals surface area contributed by atoms with Gasteiger partial charge in [-0.1, -0.05) is 23.8 Å². The Labute approximate surface area is 154 Å². The molecule has 3 rings (SSSR count). The summed E-state index contributed by atoms with van der Waals surface area (Å²) < 4.78 is 13.9. The standard InChI is InChI=1S/C20H19FN2O2S/c1-12-6-7-17(13(2)8-12)23-19(25)11-26-10-14-9-18(24)15-4-3-5-16(21)20(15)22-14/h3-9H,10-11H2,1-2H3,(H,22,24)(H,23,25). The lowest BCUT2D eigenvalue weighted by molar-refractivity contribution is -0.113. The van der Waals surface area contributed by atoms with Crippen LogP contribution < -0.4 is 10.7 Å². The van der Waals surface area contributed by atoms with E-state index in [4.69, 9.17) is 0 Å². The van der Waals surface area contributed by atoms with Crippen molar-refractivity contribution in [3.05, 3.63) is 75.3 Å². The van der Waals surface area contributed by atoms with Gasteiger partial charge in [0.05, 0.1) is 11.3 Å². The molecule has 1 amide bonds. The summed E-state index contributed by atoms with van der Waals surface area (Å²) in [5.74, 6) is 0.0834. The van der Waals surface area contributed by atoms with Crippen LogP contribution in [0.3, 0.4) is 0 Å². The minimum Gasteiger partial charge on any atom is -0.355 e. The summed E-state index contributed by atoms with van der Waals surface area (Å²) in [6.45, 7) is 3.95. The van der Waals surface area contributed by atoms with Crippen LogP contribution in [0.15, 0.2) is 47.3 Å². The first kappa shape index (κ1) is 18.2. The SMILES string of the molecule is Cc1ccc(NC(=O)CSCc2cc(=O)c3cccc(F)c3[nH]2)c(C)c1. The van der Waals surface area contributed by atoms with E-state index in [2.05, 4.69) is 10.3 Å². The van der Waals surface area contributed by atoms with Crippen LogP contribution >= 0.6 is 11.8 Å². The lowest BCUT2D eigenvalue weighted by Gasteiger charge is -2.09. The molecular weight excluding hydrogens is 351 g/mol. The van der Waals surface area contributed by atoms with Crippen molar-refractivity contribution in [1.29, 1.82) is 0 Å². The second-order valence-electron chi connectivity index (χ2n) is 6.18. The maximum atomic E-state index is 13.9. The first-order chi connectivity index (χ1) is 12.4. The Balaban J connectivity index is 1.63. The number of aryl methyl sites for hydroxylation is 2. The van der Waals surface area contributed by atoms with Gasteiger partial charge in [-0.15, -0.1) is 11.8 Å². The smallest absolute Gasteiger partial charge is 0.234 e. The van der Waals surface area contributed by atoms with Crippen LogP contribution in [0.5, 0.6) is 0 Å². The molecule has 0 aliphatic rings. The number of thioether (sulfide) groups is 1. The molecule has 0 radical (unpaired) electrons. The summed E-state index contributed by atoms with van der Waals surface area (Å²) in [5.41, 5.74) is 3.52. The monoisotopic (exact) mass is 370 g/mol. The zero-order valence-electron chi connectivity index (χ0n) is 14.6. The van der Waals surface area contributed by atoms with Crippen molar-refractivity contribution in [3.63, 3.8) is 0 Å². The molecule has 0 atom stereocenters. The molecule has 6 heteroatoms. The number of fused-ring (bicyclic) bond motifs is 1. The number of amides is 1. The van der Waals surface area contributed by atoms with Gasteiger partial charge in [-0.25, -0.2) is 4.39 Å². The quantitative estimate of drug-likeness (QED) is 0.709. The van der Waals surface area contributed by atoms with Gasteiger partial charge in [0.2, 0.25) is 5.91 Å². The maximum Gasteiger partial charge on any atom is 0.234 e. The van der Waals surface area contributed by atoms with Crippen LogP contribution in [0.2, 0.25) is 0 Å². The first-order valence-corrected chi connectivity index (χ1v) is 9.35.